The molecule has 0 saturated heterocycles. The van der Waals surface area contributed by atoms with E-state index in [4.69, 9.17) is 10.5 Å². The van der Waals surface area contributed by atoms with Crippen molar-refractivity contribution in [2.75, 3.05) is 13.7 Å². The first-order valence-electron chi connectivity index (χ1n) is 5.39. The minimum Gasteiger partial charge on any atom is -0.384 e. The van der Waals surface area contributed by atoms with Gasteiger partial charge in [0.1, 0.15) is 0 Å². The lowest BCUT2D eigenvalue weighted by Crippen LogP contribution is -2.40. The second-order valence-corrected chi connectivity index (χ2v) is 4.68. The van der Waals surface area contributed by atoms with Crippen molar-refractivity contribution in [3.05, 3.63) is 0 Å². The van der Waals surface area contributed by atoms with Crippen LogP contribution in [0.3, 0.4) is 0 Å². The van der Waals surface area contributed by atoms with Gasteiger partial charge in [0.15, 0.2) is 0 Å². The summed E-state index contributed by atoms with van der Waals surface area (Å²) in [5.74, 6) is 2.13. The molecule has 0 aliphatic heterocycles. The SMILES string of the molecule is COCC(C)C1CC(C)CCC1N. The maximum Gasteiger partial charge on any atom is 0.0491 e. The Morgan fingerprint density at radius 3 is 2.77 bits per heavy atom. The van der Waals surface area contributed by atoms with Crippen LogP contribution in [0.4, 0.5) is 0 Å². The third-order valence-electron chi connectivity index (χ3n) is 3.38. The van der Waals surface area contributed by atoms with E-state index in [2.05, 4.69) is 13.8 Å². The zero-order chi connectivity index (χ0) is 9.84. The second kappa shape index (κ2) is 4.97. The molecule has 0 aromatic heterocycles. The van der Waals surface area contributed by atoms with E-state index in [9.17, 15) is 0 Å². The highest BCUT2D eigenvalue weighted by Gasteiger charge is 2.29. The number of ether oxygens (including phenoxy) is 1. The Bertz CT molecular complexity index is 149. The summed E-state index contributed by atoms with van der Waals surface area (Å²) < 4.78 is 5.18. The van der Waals surface area contributed by atoms with Crippen molar-refractivity contribution in [3.8, 4) is 0 Å². The van der Waals surface area contributed by atoms with Gasteiger partial charge in [-0.3, -0.25) is 0 Å². The van der Waals surface area contributed by atoms with Crippen LogP contribution >= 0.6 is 0 Å². The van der Waals surface area contributed by atoms with Crippen molar-refractivity contribution in [2.45, 2.75) is 39.2 Å². The Kier molecular flexibility index (Phi) is 4.20. The van der Waals surface area contributed by atoms with E-state index in [1.807, 2.05) is 0 Å². The van der Waals surface area contributed by atoms with Crippen LogP contribution in [0, 0.1) is 17.8 Å². The Hall–Kier alpha value is -0.0800. The summed E-state index contributed by atoms with van der Waals surface area (Å²) in [6, 6.07) is 0.404. The third-order valence-corrected chi connectivity index (χ3v) is 3.38. The molecule has 2 heteroatoms. The highest BCUT2D eigenvalue weighted by atomic mass is 16.5. The molecule has 1 aliphatic rings. The van der Waals surface area contributed by atoms with Crippen molar-refractivity contribution in [3.63, 3.8) is 0 Å². The van der Waals surface area contributed by atoms with Crippen LogP contribution in [-0.4, -0.2) is 19.8 Å². The fourth-order valence-electron chi connectivity index (χ4n) is 2.49. The molecule has 2 nitrogen and oxygen atoms in total. The predicted molar refractivity (Wildman–Crippen MR) is 55.5 cm³/mol. The first-order chi connectivity index (χ1) is 6.15. The predicted octanol–water partition coefficient (Wildman–Crippen LogP) is 2.03. The van der Waals surface area contributed by atoms with Crippen molar-refractivity contribution >= 4 is 0 Å². The molecule has 0 aromatic rings. The summed E-state index contributed by atoms with van der Waals surface area (Å²) >= 11 is 0. The largest absolute Gasteiger partial charge is 0.384 e. The molecule has 1 saturated carbocycles. The van der Waals surface area contributed by atoms with Gasteiger partial charge >= 0.3 is 0 Å². The van der Waals surface area contributed by atoms with Crippen LogP contribution in [0.5, 0.6) is 0 Å². The van der Waals surface area contributed by atoms with Gasteiger partial charge in [0.25, 0.3) is 0 Å². The fraction of sp³-hybridized carbons (Fsp3) is 1.00. The van der Waals surface area contributed by atoms with Crippen molar-refractivity contribution in [1.29, 1.82) is 0 Å². The average Bonchev–Trinajstić information content (AvgIpc) is 2.09. The van der Waals surface area contributed by atoms with Crippen LogP contribution in [0.1, 0.15) is 33.1 Å². The van der Waals surface area contributed by atoms with E-state index in [0.717, 1.165) is 12.5 Å². The van der Waals surface area contributed by atoms with Gasteiger partial charge in [0.05, 0.1) is 0 Å². The Balaban J connectivity index is 2.44. The minimum absolute atomic E-state index is 0.404. The van der Waals surface area contributed by atoms with Gasteiger partial charge in [-0.1, -0.05) is 13.8 Å². The Morgan fingerprint density at radius 1 is 1.46 bits per heavy atom. The van der Waals surface area contributed by atoms with E-state index in [-0.39, 0.29) is 0 Å². The molecule has 78 valence electrons. The molecule has 4 atom stereocenters. The van der Waals surface area contributed by atoms with Gasteiger partial charge in [-0.25, -0.2) is 0 Å². The van der Waals surface area contributed by atoms with Crippen LogP contribution in [0.15, 0.2) is 0 Å². The molecule has 13 heavy (non-hydrogen) atoms. The topological polar surface area (TPSA) is 35.2 Å². The summed E-state index contributed by atoms with van der Waals surface area (Å²) in [6.45, 7) is 5.44. The van der Waals surface area contributed by atoms with Gasteiger partial charge < -0.3 is 10.5 Å². The highest BCUT2D eigenvalue weighted by Crippen LogP contribution is 2.32. The fourth-order valence-corrected chi connectivity index (χ4v) is 2.49. The third kappa shape index (κ3) is 2.96. The lowest BCUT2D eigenvalue weighted by Gasteiger charge is -2.36. The lowest BCUT2D eigenvalue weighted by molar-refractivity contribution is 0.0929. The average molecular weight is 185 g/mol. The monoisotopic (exact) mass is 185 g/mol. The molecule has 1 fully saturated rings. The molecule has 0 bridgehead atoms. The van der Waals surface area contributed by atoms with Crippen LogP contribution in [0.2, 0.25) is 0 Å². The van der Waals surface area contributed by atoms with Gasteiger partial charge in [0.2, 0.25) is 0 Å². The van der Waals surface area contributed by atoms with Crippen LogP contribution in [-0.2, 0) is 4.74 Å². The van der Waals surface area contributed by atoms with E-state index >= 15 is 0 Å². The first-order valence-corrected chi connectivity index (χ1v) is 5.39. The maximum atomic E-state index is 6.12. The van der Waals surface area contributed by atoms with E-state index in [1.54, 1.807) is 7.11 Å². The smallest absolute Gasteiger partial charge is 0.0491 e. The summed E-state index contributed by atoms with van der Waals surface area (Å²) in [4.78, 5) is 0. The van der Waals surface area contributed by atoms with Crippen molar-refractivity contribution in [2.24, 2.45) is 23.5 Å². The van der Waals surface area contributed by atoms with E-state index in [0.29, 0.717) is 17.9 Å². The zero-order valence-corrected chi connectivity index (χ0v) is 9.12. The van der Waals surface area contributed by atoms with Crippen LogP contribution in [0.25, 0.3) is 0 Å². The Morgan fingerprint density at radius 2 is 2.15 bits per heavy atom. The van der Waals surface area contributed by atoms with Crippen molar-refractivity contribution in [1.82, 2.24) is 0 Å². The normalized spacial score (nSPS) is 37.4. The molecule has 0 heterocycles. The number of rotatable bonds is 3. The molecular weight excluding hydrogens is 162 g/mol. The molecule has 0 spiro atoms. The van der Waals surface area contributed by atoms with Crippen molar-refractivity contribution < 1.29 is 4.74 Å². The summed E-state index contributed by atoms with van der Waals surface area (Å²) in [7, 11) is 1.77. The molecule has 1 aliphatic carbocycles. The summed E-state index contributed by atoms with van der Waals surface area (Å²) in [6.07, 6.45) is 3.78. The summed E-state index contributed by atoms with van der Waals surface area (Å²) in [5, 5.41) is 0. The van der Waals surface area contributed by atoms with E-state index in [1.165, 1.54) is 19.3 Å². The molecule has 2 N–H and O–H groups in total. The van der Waals surface area contributed by atoms with E-state index < -0.39 is 0 Å². The molecule has 0 radical (unpaired) electrons. The second-order valence-electron chi connectivity index (χ2n) is 4.68. The zero-order valence-electron chi connectivity index (χ0n) is 9.12. The minimum atomic E-state index is 0.404. The summed E-state index contributed by atoms with van der Waals surface area (Å²) in [5.41, 5.74) is 6.12. The molecule has 1 rings (SSSR count). The van der Waals surface area contributed by atoms with Gasteiger partial charge in [0, 0.05) is 19.8 Å². The number of hydrogen-bond acceptors (Lipinski definition) is 2. The number of hydrogen-bond donors (Lipinski definition) is 1. The van der Waals surface area contributed by atoms with Gasteiger partial charge in [-0.2, -0.15) is 0 Å². The Labute approximate surface area is 81.8 Å². The quantitative estimate of drug-likeness (QED) is 0.730. The molecular formula is C11H23NO. The number of nitrogens with two attached hydrogens (primary N) is 1. The first kappa shape index (κ1) is 11.0. The molecule has 4 unspecified atom stereocenters. The standard InChI is InChI=1S/C11H23NO/c1-8-4-5-11(12)10(6-8)9(2)7-13-3/h8-11H,4-7,12H2,1-3H3. The van der Waals surface area contributed by atoms with Gasteiger partial charge in [-0.15, -0.1) is 0 Å². The maximum absolute atomic E-state index is 6.12. The molecule has 0 amide bonds. The number of methoxy groups -OCH3 is 1. The van der Waals surface area contributed by atoms with Crippen LogP contribution < -0.4 is 5.73 Å². The molecule has 0 aromatic carbocycles. The van der Waals surface area contributed by atoms with Gasteiger partial charge in [-0.05, 0) is 37.0 Å². The lowest BCUT2D eigenvalue weighted by atomic mass is 9.73. The highest BCUT2D eigenvalue weighted by molar-refractivity contribution is 4.83.